The lowest BCUT2D eigenvalue weighted by Crippen LogP contribution is -2.05. The number of nitrogens with two attached hydrogens (primary N) is 1. The van der Waals surface area contributed by atoms with E-state index in [4.69, 9.17) is 12.2 Å². The highest BCUT2D eigenvalue weighted by atomic mass is 19.1. The predicted octanol–water partition coefficient (Wildman–Crippen LogP) is 2.62. The molecule has 0 aliphatic heterocycles. The molecule has 0 bridgehead atoms. The number of allylic oxidation sites excluding steroid dienone is 4. The van der Waals surface area contributed by atoms with Crippen LogP contribution in [0.1, 0.15) is 12.5 Å². The third kappa shape index (κ3) is 3.87. The maximum absolute atomic E-state index is 13.6. The lowest BCUT2D eigenvalue weighted by Gasteiger charge is -2.11. The van der Waals surface area contributed by atoms with E-state index in [9.17, 15) is 4.39 Å². The van der Waals surface area contributed by atoms with Crippen LogP contribution in [0.4, 0.5) is 10.1 Å². The van der Waals surface area contributed by atoms with Gasteiger partial charge in [0.25, 0.3) is 0 Å². The molecular weight excluding hydrogens is 307 g/mol. The van der Waals surface area contributed by atoms with Crippen LogP contribution in [0.5, 0.6) is 0 Å². The highest BCUT2D eigenvalue weighted by Gasteiger charge is 2.07. The number of halogens is 1. The number of nitrogens with zero attached hydrogens (tertiary/aromatic N) is 4. The van der Waals surface area contributed by atoms with Gasteiger partial charge < -0.3 is 11.1 Å². The second-order valence-corrected chi connectivity index (χ2v) is 5.05. The van der Waals surface area contributed by atoms with Gasteiger partial charge >= 0.3 is 0 Å². The molecule has 2 heterocycles. The molecule has 7 heteroatoms. The molecule has 0 saturated heterocycles. The summed E-state index contributed by atoms with van der Waals surface area (Å²) in [4.78, 5) is 4.33. The maximum atomic E-state index is 13.6. The van der Waals surface area contributed by atoms with Crippen LogP contribution in [-0.4, -0.2) is 20.0 Å². The first-order valence-electron chi connectivity index (χ1n) is 7.02. The Hall–Kier alpha value is -3.40. The van der Waals surface area contributed by atoms with E-state index in [2.05, 4.69) is 33.1 Å². The summed E-state index contributed by atoms with van der Waals surface area (Å²) in [5, 5.41) is 10.7. The number of rotatable bonds is 5. The van der Waals surface area contributed by atoms with Gasteiger partial charge in [-0.05, 0) is 31.6 Å². The van der Waals surface area contributed by atoms with Crippen molar-refractivity contribution in [2.45, 2.75) is 13.8 Å². The number of aromatic nitrogens is 4. The molecule has 0 aromatic carbocycles. The molecule has 24 heavy (non-hydrogen) atoms. The molecule has 0 unspecified atom stereocenters. The molecule has 0 aliphatic carbocycles. The van der Waals surface area contributed by atoms with E-state index in [-0.39, 0.29) is 11.3 Å². The van der Waals surface area contributed by atoms with E-state index in [0.717, 1.165) is 11.6 Å². The Morgan fingerprint density at radius 3 is 2.83 bits per heavy atom. The van der Waals surface area contributed by atoms with Crippen molar-refractivity contribution in [3.63, 3.8) is 0 Å². The number of anilines is 1. The van der Waals surface area contributed by atoms with Crippen LogP contribution < -0.4 is 11.1 Å². The minimum atomic E-state index is -0.596. The molecule has 3 N–H and O–H groups in total. The average molecular weight is 324 g/mol. The van der Waals surface area contributed by atoms with Crippen LogP contribution in [0.3, 0.4) is 0 Å². The van der Waals surface area contributed by atoms with Crippen molar-refractivity contribution in [2.75, 3.05) is 5.32 Å². The monoisotopic (exact) mass is 324 g/mol. The Bertz CT molecular complexity index is 852. The van der Waals surface area contributed by atoms with Crippen molar-refractivity contribution in [3.05, 3.63) is 65.7 Å². The van der Waals surface area contributed by atoms with Gasteiger partial charge in [-0.1, -0.05) is 17.7 Å². The van der Waals surface area contributed by atoms with Crippen molar-refractivity contribution >= 4 is 5.69 Å². The summed E-state index contributed by atoms with van der Waals surface area (Å²) in [5.74, 6) is 2.44. The standard InChI is InChI=1S/C17H17FN6/c1-5-14(9-16(18)12(3)19)13(4)22-15-8-11(2)17(20-10-15)24-7-6-21-23-24/h1,6-10,22H,4,19H2,2-3H3/b14-9-,16-12-. The van der Waals surface area contributed by atoms with Gasteiger partial charge in [-0.15, -0.1) is 11.5 Å². The third-order valence-electron chi connectivity index (χ3n) is 3.11. The van der Waals surface area contributed by atoms with Crippen LogP contribution in [-0.2, 0) is 0 Å². The van der Waals surface area contributed by atoms with Gasteiger partial charge in [0.05, 0.1) is 29.9 Å². The lowest BCUT2D eigenvalue weighted by atomic mass is 10.1. The molecule has 0 saturated carbocycles. The Labute approximate surface area is 139 Å². The second kappa shape index (κ2) is 7.24. The van der Waals surface area contributed by atoms with E-state index < -0.39 is 5.83 Å². The quantitative estimate of drug-likeness (QED) is 0.653. The van der Waals surface area contributed by atoms with Gasteiger partial charge in [-0.25, -0.2) is 14.1 Å². The van der Waals surface area contributed by atoms with Gasteiger partial charge in [0.1, 0.15) is 5.83 Å². The van der Waals surface area contributed by atoms with E-state index in [1.54, 1.807) is 23.3 Å². The third-order valence-corrected chi connectivity index (χ3v) is 3.11. The summed E-state index contributed by atoms with van der Waals surface area (Å²) in [6.45, 7) is 7.16. The minimum absolute atomic E-state index is 0.0465. The zero-order valence-corrected chi connectivity index (χ0v) is 13.4. The normalized spacial score (nSPS) is 12.3. The number of hydrogen-bond acceptors (Lipinski definition) is 5. The summed E-state index contributed by atoms with van der Waals surface area (Å²) < 4.78 is 15.2. The predicted molar refractivity (Wildman–Crippen MR) is 91.6 cm³/mol. The van der Waals surface area contributed by atoms with Gasteiger partial charge in [-0.2, -0.15) is 0 Å². The van der Waals surface area contributed by atoms with Crippen LogP contribution >= 0.6 is 0 Å². The van der Waals surface area contributed by atoms with Crippen LogP contribution in [0.15, 0.2) is 60.1 Å². The summed E-state index contributed by atoms with van der Waals surface area (Å²) in [7, 11) is 0. The van der Waals surface area contributed by atoms with Crippen molar-refractivity contribution in [3.8, 4) is 18.2 Å². The van der Waals surface area contributed by atoms with Crippen molar-refractivity contribution in [2.24, 2.45) is 5.73 Å². The minimum Gasteiger partial charge on any atom is -0.400 e. The molecule has 0 spiro atoms. The highest BCUT2D eigenvalue weighted by Crippen LogP contribution is 2.19. The van der Waals surface area contributed by atoms with E-state index in [0.29, 0.717) is 17.2 Å². The first-order valence-corrected chi connectivity index (χ1v) is 7.02. The van der Waals surface area contributed by atoms with Crippen molar-refractivity contribution < 1.29 is 4.39 Å². The maximum Gasteiger partial charge on any atom is 0.158 e. The van der Waals surface area contributed by atoms with Gasteiger partial charge in [0, 0.05) is 11.4 Å². The van der Waals surface area contributed by atoms with Gasteiger partial charge in [-0.3, -0.25) is 0 Å². The first-order chi connectivity index (χ1) is 11.4. The molecule has 0 atom stereocenters. The molecule has 0 aliphatic rings. The summed E-state index contributed by atoms with van der Waals surface area (Å²) in [6.07, 6.45) is 11.4. The van der Waals surface area contributed by atoms with Crippen molar-refractivity contribution in [1.82, 2.24) is 20.0 Å². The Balaban J connectivity index is 2.22. The van der Waals surface area contributed by atoms with Crippen LogP contribution in [0.25, 0.3) is 5.82 Å². The number of hydrogen-bond donors (Lipinski definition) is 2. The summed E-state index contributed by atoms with van der Waals surface area (Å²) in [6, 6.07) is 1.85. The molecule has 6 nitrogen and oxygen atoms in total. The van der Waals surface area contributed by atoms with Crippen LogP contribution in [0, 0.1) is 19.3 Å². The molecule has 0 fully saturated rings. The Morgan fingerprint density at radius 1 is 1.54 bits per heavy atom. The molecule has 2 rings (SSSR count). The van der Waals surface area contributed by atoms with E-state index in [1.807, 2.05) is 13.0 Å². The summed E-state index contributed by atoms with van der Waals surface area (Å²) >= 11 is 0. The molecule has 0 amide bonds. The molecular formula is C17H17FN6. The number of pyridine rings is 1. The molecule has 2 aromatic rings. The SMILES string of the molecule is C#C/C(=C/C(F)=C(\C)N)C(=C)Nc1cnc(-n2ccnn2)c(C)c1. The topological polar surface area (TPSA) is 81.6 Å². The number of nitrogens with one attached hydrogen (secondary N) is 1. The van der Waals surface area contributed by atoms with E-state index in [1.165, 1.54) is 6.92 Å². The first kappa shape index (κ1) is 17.0. The molecule has 0 radical (unpaired) electrons. The number of aryl methyl sites for hydroxylation is 1. The Morgan fingerprint density at radius 2 is 2.29 bits per heavy atom. The Kier molecular flexibility index (Phi) is 5.12. The fourth-order valence-corrected chi connectivity index (χ4v) is 1.89. The van der Waals surface area contributed by atoms with Crippen molar-refractivity contribution in [1.29, 1.82) is 0 Å². The van der Waals surface area contributed by atoms with Crippen LogP contribution in [0.2, 0.25) is 0 Å². The summed E-state index contributed by atoms with van der Waals surface area (Å²) in [5.41, 5.74) is 7.60. The highest BCUT2D eigenvalue weighted by molar-refractivity contribution is 5.58. The molecule has 122 valence electrons. The average Bonchev–Trinajstić information content (AvgIpc) is 3.06. The zero-order chi connectivity index (χ0) is 17.7. The number of terminal acetylenes is 1. The molecule has 2 aromatic heterocycles. The smallest absolute Gasteiger partial charge is 0.158 e. The fourth-order valence-electron chi connectivity index (χ4n) is 1.89. The van der Waals surface area contributed by atoms with Gasteiger partial charge in [0.2, 0.25) is 0 Å². The largest absolute Gasteiger partial charge is 0.400 e. The van der Waals surface area contributed by atoms with Gasteiger partial charge in [0.15, 0.2) is 5.82 Å². The second-order valence-electron chi connectivity index (χ2n) is 5.05. The fraction of sp³-hybridized carbons (Fsp3) is 0.118. The van der Waals surface area contributed by atoms with E-state index >= 15 is 0 Å². The zero-order valence-electron chi connectivity index (χ0n) is 13.4. The lowest BCUT2D eigenvalue weighted by molar-refractivity contribution is 0.651.